The SMILES string of the molecule is O=C(NCCCCNC(=O)c1ccc(-c2c3ccc(=O)cc-3oc3cc(O)ccc23)c(C(=O)O)c1)c1ccc(-c2c3ccc(=O)cc-3oc3cc(O)ccc23)c(C(=O)O)c1.SS. The molecule has 62 heavy (non-hydrogen) atoms. The molecule has 0 atom stereocenters. The minimum absolute atomic E-state index is 0.0852. The zero-order valence-corrected chi connectivity index (χ0v) is 34.0. The van der Waals surface area contributed by atoms with E-state index in [1.54, 1.807) is 12.1 Å². The smallest absolute Gasteiger partial charge is 0.336 e. The Morgan fingerprint density at radius 3 is 1.27 bits per heavy atom. The number of thiol groups is 2. The maximum Gasteiger partial charge on any atom is 0.336 e. The van der Waals surface area contributed by atoms with E-state index in [0.717, 1.165) is 0 Å². The molecule has 8 rings (SSSR count). The zero-order chi connectivity index (χ0) is 44.2. The highest BCUT2D eigenvalue weighted by Gasteiger charge is 2.25. The summed E-state index contributed by atoms with van der Waals surface area (Å²) < 4.78 is 11.7. The highest BCUT2D eigenvalue weighted by Crippen LogP contribution is 2.43. The van der Waals surface area contributed by atoms with Gasteiger partial charge in [-0.25, -0.2) is 9.59 Å². The summed E-state index contributed by atoms with van der Waals surface area (Å²) in [5.41, 5.74) is 2.04. The van der Waals surface area contributed by atoms with Crippen molar-refractivity contribution in [1.29, 1.82) is 0 Å². The van der Waals surface area contributed by atoms with Gasteiger partial charge in [-0.1, -0.05) is 12.1 Å². The van der Waals surface area contributed by atoms with Crippen molar-refractivity contribution in [3.05, 3.63) is 152 Å². The van der Waals surface area contributed by atoms with Gasteiger partial charge < -0.3 is 39.9 Å². The third-order valence-corrected chi connectivity index (χ3v) is 10.1. The van der Waals surface area contributed by atoms with Gasteiger partial charge in [0.05, 0.1) is 11.1 Å². The van der Waals surface area contributed by atoms with Crippen molar-refractivity contribution in [3.63, 3.8) is 0 Å². The van der Waals surface area contributed by atoms with E-state index in [1.807, 2.05) is 0 Å². The first-order valence-electron chi connectivity index (χ1n) is 18.8. The quantitative estimate of drug-likeness (QED) is 0.0268. The number of aromatic carboxylic acids is 2. The number of rotatable bonds is 11. The van der Waals surface area contributed by atoms with E-state index in [9.17, 15) is 49.2 Å². The lowest BCUT2D eigenvalue weighted by atomic mass is 9.90. The number of phenolic OH excluding ortho intramolecular Hbond substituents is 2. The van der Waals surface area contributed by atoms with Gasteiger partial charge in [0.2, 0.25) is 0 Å². The number of phenols is 2. The summed E-state index contributed by atoms with van der Waals surface area (Å²) in [6.07, 6.45) is 0.879. The van der Waals surface area contributed by atoms with Crippen LogP contribution < -0.4 is 21.5 Å². The van der Waals surface area contributed by atoms with Crippen molar-refractivity contribution in [1.82, 2.24) is 10.6 Å². The highest BCUT2D eigenvalue weighted by atomic mass is 33.1. The molecule has 0 unspecified atom stereocenters. The van der Waals surface area contributed by atoms with E-state index in [2.05, 4.69) is 34.0 Å². The normalized spacial score (nSPS) is 11.0. The number of carboxylic acids is 2. The molecule has 2 aliphatic carbocycles. The van der Waals surface area contributed by atoms with Crippen LogP contribution in [-0.4, -0.2) is 57.3 Å². The lowest BCUT2D eigenvalue weighted by molar-refractivity contribution is 0.0686. The van der Waals surface area contributed by atoms with Gasteiger partial charge >= 0.3 is 11.9 Å². The van der Waals surface area contributed by atoms with Crippen LogP contribution in [-0.2, 0) is 0 Å². The summed E-state index contributed by atoms with van der Waals surface area (Å²) >= 11 is 6.44. The maximum absolute atomic E-state index is 13.2. The number of aromatic hydroxyl groups is 2. The van der Waals surface area contributed by atoms with Gasteiger partial charge in [0.15, 0.2) is 10.9 Å². The second-order valence-corrected chi connectivity index (χ2v) is 14.0. The van der Waals surface area contributed by atoms with E-state index >= 15 is 0 Å². The van der Waals surface area contributed by atoms with E-state index in [1.165, 1.54) is 97.1 Å². The first-order chi connectivity index (χ1) is 29.9. The van der Waals surface area contributed by atoms with Crippen molar-refractivity contribution in [2.75, 3.05) is 13.1 Å². The summed E-state index contributed by atoms with van der Waals surface area (Å²) in [7, 11) is 0. The second-order valence-electron chi connectivity index (χ2n) is 14.0. The van der Waals surface area contributed by atoms with E-state index in [4.69, 9.17) is 8.83 Å². The number of carbonyl (C=O) groups excluding carboxylic acids is 2. The molecule has 2 aliphatic heterocycles. The Morgan fingerprint density at radius 2 is 0.887 bits per heavy atom. The maximum atomic E-state index is 13.2. The number of fused-ring (bicyclic) bond motifs is 4. The number of unbranched alkanes of at least 4 members (excludes halogenated alkanes) is 1. The predicted octanol–water partition coefficient (Wildman–Crippen LogP) is 7.95. The van der Waals surface area contributed by atoms with Gasteiger partial charge in [0.25, 0.3) is 11.8 Å². The van der Waals surface area contributed by atoms with Crippen LogP contribution in [0.2, 0.25) is 0 Å². The van der Waals surface area contributed by atoms with Crippen molar-refractivity contribution in [2.45, 2.75) is 12.8 Å². The average Bonchev–Trinajstić information content (AvgIpc) is 3.25. The van der Waals surface area contributed by atoms with Crippen LogP contribution in [0.1, 0.15) is 54.3 Å². The third kappa shape index (κ3) is 8.54. The molecule has 0 aromatic heterocycles. The molecule has 312 valence electrons. The first-order valence-corrected chi connectivity index (χ1v) is 20.4. The number of carbonyl (C=O) groups is 4. The third-order valence-electron chi connectivity index (χ3n) is 10.1. The van der Waals surface area contributed by atoms with Crippen molar-refractivity contribution in [2.24, 2.45) is 0 Å². The summed E-state index contributed by atoms with van der Waals surface area (Å²) in [6.45, 7) is 0.397. The fourth-order valence-electron chi connectivity index (χ4n) is 7.32. The number of benzene rings is 6. The monoisotopic (exact) mass is 870 g/mol. The molecule has 0 radical (unpaired) electrons. The van der Waals surface area contributed by atoms with Crippen LogP contribution in [0.4, 0.5) is 0 Å². The summed E-state index contributed by atoms with van der Waals surface area (Å²) in [5, 5.41) is 47.1. The van der Waals surface area contributed by atoms with E-state index < -0.39 is 23.8 Å². The number of hydrogen-bond donors (Lipinski definition) is 8. The molecule has 4 aliphatic rings. The number of nitrogens with one attached hydrogen (secondary N) is 2. The van der Waals surface area contributed by atoms with Crippen LogP contribution >= 0.6 is 23.3 Å². The lowest BCUT2D eigenvalue weighted by Gasteiger charge is -2.17. The summed E-state index contributed by atoms with van der Waals surface area (Å²) in [5.74, 6) is -3.41. The molecule has 0 saturated heterocycles. The van der Waals surface area contributed by atoms with Gasteiger partial charge in [-0.3, -0.25) is 19.2 Å². The van der Waals surface area contributed by atoms with E-state index in [0.29, 0.717) is 45.9 Å². The molecular formula is C46H34N2O12S2. The van der Waals surface area contributed by atoms with Gasteiger partial charge in [-0.05, 0) is 96.8 Å². The minimum atomic E-state index is -1.29. The van der Waals surface area contributed by atoms with Crippen LogP contribution in [0.5, 0.6) is 11.5 Å². The molecule has 0 saturated carbocycles. The Kier molecular flexibility index (Phi) is 12.3. The second kappa shape index (κ2) is 18.0. The molecule has 6 N–H and O–H groups in total. The molecule has 16 heteroatoms. The predicted molar refractivity (Wildman–Crippen MR) is 238 cm³/mol. The molecular weight excluding hydrogens is 837 g/mol. The van der Waals surface area contributed by atoms with Crippen LogP contribution in [0, 0.1) is 0 Å². The minimum Gasteiger partial charge on any atom is -0.508 e. The number of hydrogen-bond acceptors (Lipinski definition) is 12. The molecule has 2 heterocycles. The molecule has 4 aromatic carbocycles. The fourth-order valence-corrected chi connectivity index (χ4v) is 7.32. The van der Waals surface area contributed by atoms with Gasteiger partial charge in [-0.15, -0.1) is 23.3 Å². The largest absolute Gasteiger partial charge is 0.508 e. The zero-order valence-electron chi connectivity index (χ0n) is 32.2. The molecule has 14 nitrogen and oxygen atoms in total. The average molecular weight is 871 g/mol. The van der Waals surface area contributed by atoms with Crippen molar-refractivity contribution < 1.29 is 48.4 Å². The lowest BCUT2D eigenvalue weighted by Crippen LogP contribution is -2.27. The Labute approximate surface area is 361 Å². The number of amides is 2. The first kappa shape index (κ1) is 42.6. The topological polar surface area (TPSA) is 234 Å². The molecule has 2 amide bonds. The number of carboxylic acid groups (broad SMARTS) is 2. The highest BCUT2D eigenvalue weighted by molar-refractivity contribution is 8.59. The Balaban J connectivity index is 0.00000285. The van der Waals surface area contributed by atoms with Gasteiger partial charge in [-0.2, -0.15) is 0 Å². The van der Waals surface area contributed by atoms with Gasteiger partial charge in [0, 0.05) is 81.5 Å². The molecule has 4 aromatic rings. The Hall–Kier alpha value is -7.56. The van der Waals surface area contributed by atoms with Crippen LogP contribution in [0.3, 0.4) is 0 Å². The molecule has 0 fully saturated rings. The van der Waals surface area contributed by atoms with Crippen LogP contribution in [0.15, 0.2) is 128 Å². The standard InChI is InChI=1S/C46H32N2O12.H2S2/c49-25-5-11-31-37(19-25)59-38-20-26(50)6-12-32(38)41(31)29-9-3-23(17-35(29)45(55)56)43(53)47-15-1-2-16-48-44(54)24-4-10-30(36(18-24)46(57)58)42-33-13-7-27(51)21-39(33)60-40-22-28(52)8-14-34(40)42;1-2/h3-14,17-22,49,51H,1-2,15-16H2,(H,47,53)(H,48,54)(H,55,56)(H,57,58);1-2H. The van der Waals surface area contributed by atoms with E-state index in [-0.39, 0.29) is 91.5 Å². The fraction of sp³-hybridized carbons (Fsp3) is 0.0870. The Morgan fingerprint density at radius 1 is 0.500 bits per heavy atom. The molecule has 0 bridgehead atoms. The summed E-state index contributed by atoms with van der Waals surface area (Å²) in [6, 6.07) is 25.6. The van der Waals surface area contributed by atoms with Crippen LogP contribution in [0.25, 0.3) is 66.8 Å². The molecule has 0 spiro atoms. The van der Waals surface area contributed by atoms with Crippen molar-refractivity contribution in [3.8, 4) is 56.4 Å². The Bertz CT molecular complexity index is 2930. The van der Waals surface area contributed by atoms with Crippen molar-refractivity contribution >= 4 is 69.0 Å². The summed E-state index contributed by atoms with van der Waals surface area (Å²) in [4.78, 5) is 75.7. The van der Waals surface area contributed by atoms with Gasteiger partial charge in [0.1, 0.15) is 34.2 Å².